The van der Waals surface area contributed by atoms with E-state index in [0.717, 1.165) is 17.7 Å². The van der Waals surface area contributed by atoms with Crippen LogP contribution in [0.3, 0.4) is 0 Å². The van der Waals surface area contributed by atoms with E-state index in [-0.39, 0.29) is 18.4 Å². The Morgan fingerprint density at radius 2 is 2.12 bits per heavy atom. The first kappa shape index (κ1) is 17.5. The molecule has 0 spiro atoms. The first-order valence-electron chi connectivity index (χ1n) is 8.40. The van der Waals surface area contributed by atoms with Crippen molar-refractivity contribution < 1.29 is 14.3 Å². The van der Waals surface area contributed by atoms with Crippen LogP contribution >= 0.6 is 11.3 Å². The van der Waals surface area contributed by atoms with Gasteiger partial charge < -0.3 is 14.5 Å². The van der Waals surface area contributed by atoms with Crippen molar-refractivity contribution in [2.24, 2.45) is 0 Å². The lowest BCUT2D eigenvalue weighted by atomic mass is 9.99. The summed E-state index contributed by atoms with van der Waals surface area (Å²) in [5.74, 6) is 0.694. The Bertz CT molecular complexity index is 758. The van der Waals surface area contributed by atoms with Crippen molar-refractivity contribution in [1.82, 2.24) is 9.80 Å². The number of benzene rings is 1. The maximum atomic E-state index is 12.6. The zero-order chi connectivity index (χ0) is 17.8. The van der Waals surface area contributed by atoms with Crippen LogP contribution in [0.5, 0.6) is 5.75 Å². The number of fused-ring (bicyclic) bond motifs is 1. The van der Waals surface area contributed by atoms with Crippen LogP contribution in [0.15, 0.2) is 35.7 Å². The number of rotatable bonds is 5. The minimum atomic E-state index is -0.112. The van der Waals surface area contributed by atoms with Crippen LogP contribution < -0.4 is 4.74 Å². The molecule has 132 valence electrons. The summed E-state index contributed by atoms with van der Waals surface area (Å²) in [5, 5.41) is 1.86. The monoisotopic (exact) mass is 358 g/mol. The van der Waals surface area contributed by atoms with Crippen LogP contribution in [0.25, 0.3) is 0 Å². The predicted molar refractivity (Wildman–Crippen MR) is 98.0 cm³/mol. The average molecular weight is 358 g/mol. The summed E-state index contributed by atoms with van der Waals surface area (Å²) in [5.41, 5.74) is 2.38. The topological polar surface area (TPSA) is 49.9 Å². The molecule has 1 aliphatic rings. The lowest BCUT2D eigenvalue weighted by molar-refractivity contribution is -0.132. The molecule has 0 fully saturated rings. The summed E-state index contributed by atoms with van der Waals surface area (Å²) in [6, 6.07) is 9.69. The molecule has 0 radical (unpaired) electrons. The second-order valence-corrected chi connectivity index (χ2v) is 7.02. The fraction of sp³-hybridized carbons (Fsp3) is 0.368. The summed E-state index contributed by atoms with van der Waals surface area (Å²) < 4.78 is 5.55. The normalized spacial score (nSPS) is 13.3. The van der Waals surface area contributed by atoms with Gasteiger partial charge in [-0.1, -0.05) is 12.1 Å². The molecule has 0 aliphatic carbocycles. The van der Waals surface area contributed by atoms with E-state index < -0.39 is 0 Å². The molecule has 6 heteroatoms. The lowest BCUT2D eigenvalue weighted by Gasteiger charge is -2.30. The first-order valence-corrected chi connectivity index (χ1v) is 9.27. The van der Waals surface area contributed by atoms with E-state index in [2.05, 4.69) is 6.07 Å². The minimum Gasteiger partial charge on any atom is -0.494 e. The SMILES string of the molecule is CCOc1ccc2c(c1)CN(C(=O)CN(C)C(=O)c1cccs1)CC2. The highest BCUT2D eigenvalue weighted by Crippen LogP contribution is 2.24. The third kappa shape index (κ3) is 4.02. The molecule has 0 saturated heterocycles. The molecule has 1 aromatic carbocycles. The number of amides is 2. The highest BCUT2D eigenvalue weighted by Gasteiger charge is 2.24. The Labute approximate surface area is 151 Å². The second kappa shape index (κ2) is 7.70. The number of carbonyl (C=O) groups is 2. The van der Waals surface area contributed by atoms with E-state index >= 15 is 0 Å². The van der Waals surface area contributed by atoms with Crippen LogP contribution in [0.1, 0.15) is 27.7 Å². The molecule has 0 unspecified atom stereocenters. The van der Waals surface area contributed by atoms with Gasteiger partial charge in [0.1, 0.15) is 5.75 Å². The molecular formula is C19H22N2O3S. The van der Waals surface area contributed by atoms with Gasteiger partial charge in [0.25, 0.3) is 5.91 Å². The molecule has 0 bridgehead atoms. The van der Waals surface area contributed by atoms with Crippen LogP contribution in [0.4, 0.5) is 0 Å². The zero-order valence-electron chi connectivity index (χ0n) is 14.5. The van der Waals surface area contributed by atoms with Gasteiger partial charge in [0.05, 0.1) is 18.0 Å². The van der Waals surface area contributed by atoms with Gasteiger partial charge in [0.15, 0.2) is 0 Å². The van der Waals surface area contributed by atoms with Gasteiger partial charge in [-0.3, -0.25) is 9.59 Å². The number of hydrogen-bond donors (Lipinski definition) is 0. The first-order chi connectivity index (χ1) is 12.1. The standard InChI is InChI=1S/C19H22N2O3S/c1-3-24-16-7-6-14-8-9-21(12-15(14)11-16)18(22)13-20(2)19(23)17-5-4-10-25-17/h4-7,10-11H,3,8-9,12-13H2,1-2H3. The molecule has 0 atom stereocenters. The summed E-state index contributed by atoms with van der Waals surface area (Å²) in [6.45, 7) is 3.92. The quantitative estimate of drug-likeness (QED) is 0.826. The van der Waals surface area contributed by atoms with Gasteiger partial charge in [0, 0.05) is 20.1 Å². The highest BCUT2D eigenvalue weighted by atomic mass is 32.1. The minimum absolute atomic E-state index is 0.0279. The van der Waals surface area contributed by atoms with Crippen molar-refractivity contribution in [3.8, 4) is 5.75 Å². The molecule has 5 nitrogen and oxygen atoms in total. The maximum Gasteiger partial charge on any atom is 0.264 e. The molecule has 0 N–H and O–H groups in total. The van der Waals surface area contributed by atoms with Crippen molar-refractivity contribution >= 4 is 23.2 Å². The van der Waals surface area contributed by atoms with E-state index in [1.807, 2.05) is 35.4 Å². The molecule has 1 aromatic heterocycles. The van der Waals surface area contributed by atoms with Gasteiger partial charge in [-0.05, 0) is 48.1 Å². The Morgan fingerprint density at radius 3 is 2.84 bits per heavy atom. The van der Waals surface area contributed by atoms with Gasteiger partial charge in [-0.25, -0.2) is 0 Å². The fourth-order valence-corrected chi connectivity index (χ4v) is 3.68. The van der Waals surface area contributed by atoms with Crippen molar-refractivity contribution in [3.05, 3.63) is 51.7 Å². The van der Waals surface area contributed by atoms with Crippen LogP contribution in [-0.4, -0.2) is 48.4 Å². The van der Waals surface area contributed by atoms with E-state index in [9.17, 15) is 9.59 Å². The van der Waals surface area contributed by atoms with E-state index in [1.54, 1.807) is 13.1 Å². The van der Waals surface area contributed by atoms with Crippen LogP contribution in [-0.2, 0) is 17.8 Å². The van der Waals surface area contributed by atoms with Crippen molar-refractivity contribution in [2.75, 3.05) is 26.7 Å². The van der Waals surface area contributed by atoms with Crippen molar-refractivity contribution in [3.63, 3.8) is 0 Å². The lowest BCUT2D eigenvalue weighted by Crippen LogP contribution is -2.43. The summed E-state index contributed by atoms with van der Waals surface area (Å²) in [7, 11) is 1.67. The van der Waals surface area contributed by atoms with Gasteiger partial charge in [-0.15, -0.1) is 11.3 Å². The van der Waals surface area contributed by atoms with E-state index in [0.29, 0.717) is 24.6 Å². The number of nitrogens with zero attached hydrogens (tertiary/aromatic N) is 2. The summed E-state index contributed by atoms with van der Waals surface area (Å²) in [6.07, 6.45) is 0.829. The zero-order valence-corrected chi connectivity index (χ0v) is 15.3. The number of hydrogen-bond acceptors (Lipinski definition) is 4. The second-order valence-electron chi connectivity index (χ2n) is 6.07. The molecule has 1 aliphatic heterocycles. The van der Waals surface area contributed by atoms with Gasteiger partial charge in [0.2, 0.25) is 5.91 Å². The smallest absolute Gasteiger partial charge is 0.264 e. The predicted octanol–water partition coefficient (Wildman–Crippen LogP) is 2.80. The van der Waals surface area contributed by atoms with E-state index in [4.69, 9.17) is 4.74 Å². The maximum absolute atomic E-state index is 12.6. The molecule has 2 amide bonds. The van der Waals surface area contributed by atoms with Crippen molar-refractivity contribution in [2.45, 2.75) is 19.9 Å². The summed E-state index contributed by atoms with van der Waals surface area (Å²) in [4.78, 5) is 28.9. The molecule has 2 aromatic rings. The van der Waals surface area contributed by atoms with Gasteiger partial charge >= 0.3 is 0 Å². The largest absolute Gasteiger partial charge is 0.494 e. The Kier molecular flexibility index (Phi) is 5.38. The number of thiophene rings is 1. The van der Waals surface area contributed by atoms with Crippen molar-refractivity contribution in [1.29, 1.82) is 0 Å². The fourth-order valence-electron chi connectivity index (χ4n) is 2.97. The molecular weight excluding hydrogens is 336 g/mol. The molecule has 25 heavy (non-hydrogen) atoms. The highest BCUT2D eigenvalue weighted by molar-refractivity contribution is 7.12. The number of carbonyl (C=O) groups excluding carboxylic acids is 2. The molecule has 3 rings (SSSR count). The molecule has 0 saturated carbocycles. The Morgan fingerprint density at radius 1 is 1.28 bits per heavy atom. The third-order valence-electron chi connectivity index (χ3n) is 4.30. The number of likely N-dealkylation sites (N-methyl/N-ethyl adjacent to an activating group) is 1. The van der Waals surface area contributed by atoms with Crippen LogP contribution in [0, 0.1) is 0 Å². The number of ether oxygens (including phenoxy) is 1. The molecule has 2 heterocycles. The van der Waals surface area contributed by atoms with Crippen LogP contribution in [0.2, 0.25) is 0 Å². The average Bonchev–Trinajstić information content (AvgIpc) is 3.15. The van der Waals surface area contributed by atoms with E-state index in [1.165, 1.54) is 21.8 Å². The summed E-state index contributed by atoms with van der Waals surface area (Å²) >= 11 is 1.39. The Balaban J connectivity index is 1.63. The van der Waals surface area contributed by atoms with Gasteiger partial charge in [-0.2, -0.15) is 0 Å². The Hall–Kier alpha value is -2.34. The third-order valence-corrected chi connectivity index (χ3v) is 5.16.